The van der Waals surface area contributed by atoms with Gasteiger partial charge in [0.2, 0.25) is 11.8 Å². The third-order valence-electron chi connectivity index (χ3n) is 4.48. The average Bonchev–Trinajstić information content (AvgIpc) is 2.61. The van der Waals surface area contributed by atoms with E-state index >= 15 is 0 Å². The highest BCUT2D eigenvalue weighted by molar-refractivity contribution is 6.10. The molecule has 0 heterocycles. The van der Waals surface area contributed by atoms with Crippen molar-refractivity contribution in [2.75, 3.05) is 5.32 Å². The Hall–Kier alpha value is -2.62. The number of carbonyl (C=O) groups excluding carboxylic acids is 2. The van der Waals surface area contributed by atoms with Gasteiger partial charge in [0.15, 0.2) is 0 Å². The molecule has 2 rings (SSSR count). The number of carbonyl (C=O) groups is 2. The first kappa shape index (κ1) is 18.7. The highest BCUT2D eigenvalue weighted by Gasteiger charge is 2.36. The number of aryl methyl sites for hydroxylation is 2. The van der Waals surface area contributed by atoms with E-state index in [0.717, 1.165) is 28.8 Å². The molecule has 2 aromatic carbocycles. The quantitative estimate of drug-likeness (QED) is 0.786. The van der Waals surface area contributed by atoms with E-state index in [4.69, 9.17) is 0 Å². The molecule has 0 aromatic heterocycles. The maximum Gasteiger partial charge on any atom is 0.239 e. The second-order valence-electron chi connectivity index (χ2n) is 6.70. The molecule has 4 nitrogen and oxygen atoms in total. The number of nitrogens with one attached hydrogen (secondary N) is 2. The lowest BCUT2D eigenvalue weighted by molar-refractivity contribution is -0.138. The Bertz CT molecular complexity index is 766. The summed E-state index contributed by atoms with van der Waals surface area (Å²) >= 11 is 0. The van der Waals surface area contributed by atoms with Crippen LogP contribution < -0.4 is 10.6 Å². The van der Waals surface area contributed by atoms with Gasteiger partial charge in [0.1, 0.15) is 5.41 Å². The molecule has 2 N–H and O–H groups in total. The van der Waals surface area contributed by atoms with Crippen LogP contribution >= 0.6 is 0 Å². The van der Waals surface area contributed by atoms with E-state index in [1.165, 1.54) is 0 Å². The standard InChI is InChI=1S/C21H26N2O2/c1-5-16-11-8-9-13-18(16)23-20(25)21(3,4)19(24)22-14-17-12-7-6-10-15(17)2/h6-13H,5,14H2,1-4H3,(H,22,24)(H,23,25). The first-order valence-corrected chi connectivity index (χ1v) is 8.58. The smallest absolute Gasteiger partial charge is 0.239 e. The van der Waals surface area contributed by atoms with Crippen LogP contribution in [0.1, 0.15) is 37.5 Å². The first-order chi connectivity index (χ1) is 11.9. The molecule has 0 unspecified atom stereocenters. The third-order valence-corrected chi connectivity index (χ3v) is 4.48. The fourth-order valence-corrected chi connectivity index (χ4v) is 2.54. The van der Waals surface area contributed by atoms with Crippen LogP contribution in [0.5, 0.6) is 0 Å². The minimum Gasteiger partial charge on any atom is -0.351 e. The lowest BCUT2D eigenvalue weighted by atomic mass is 9.90. The summed E-state index contributed by atoms with van der Waals surface area (Å²) in [7, 11) is 0. The second-order valence-corrected chi connectivity index (χ2v) is 6.70. The SMILES string of the molecule is CCc1ccccc1NC(=O)C(C)(C)C(=O)NCc1ccccc1C. The van der Waals surface area contributed by atoms with Crippen LogP contribution in [0.2, 0.25) is 0 Å². The van der Waals surface area contributed by atoms with Gasteiger partial charge in [-0.25, -0.2) is 0 Å². The van der Waals surface area contributed by atoms with Gasteiger partial charge in [-0.05, 0) is 49.9 Å². The molecule has 0 radical (unpaired) electrons. The summed E-state index contributed by atoms with van der Waals surface area (Å²) in [5.74, 6) is -0.599. The van der Waals surface area contributed by atoms with Gasteiger partial charge < -0.3 is 10.6 Å². The fourth-order valence-electron chi connectivity index (χ4n) is 2.54. The van der Waals surface area contributed by atoms with Crippen molar-refractivity contribution in [3.8, 4) is 0 Å². The van der Waals surface area contributed by atoms with Crippen molar-refractivity contribution < 1.29 is 9.59 Å². The summed E-state index contributed by atoms with van der Waals surface area (Å²) in [6, 6.07) is 15.5. The Morgan fingerprint density at radius 2 is 1.52 bits per heavy atom. The van der Waals surface area contributed by atoms with Gasteiger partial charge >= 0.3 is 0 Å². The molecule has 0 atom stereocenters. The summed E-state index contributed by atoms with van der Waals surface area (Å²) in [5, 5.41) is 5.77. The van der Waals surface area contributed by atoms with Gasteiger partial charge in [0.25, 0.3) is 0 Å². The zero-order chi connectivity index (χ0) is 18.4. The van der Waals surface area contributed by atoms with Gasteiger partial charge in [-0.2, -0.15) is 0 Å². The van der Waals surface area contributed by atoms with Crippen molar-refractivity contribution in [1.82, 2.24) is 5.32 Å². The zero-order valence-corrected chi connectivity index (χ0v) is 15.3. The number of amides is 2. The molecule has 0 aliphatic rings. The van der Waals surface area contributed by atoms with E-state index in [1.807, 2.05) is 62.4 Å². The maximum absolute atomic E-state index is 12.7. The summed E-state index contributed by atoms with van der Waals surface area (Å²) in [6.45, 7) is 7.73. The molecule has 0 spiro atoms. The molecular weight excluding hydrogens is 312 g/mol. The van der Waals surface area contributed by atoms with Crippen molar-refractivity contribution in [2.45, 2.75) is 40.7 Å². The molecule has 0 bridgehead atoms. The average molecular weight is 338 g/mol. The molecule has 0 saturated carbocycles. The molecule has 0 saturated heterocycles. The summed E-state index contributed by atoms with van der Waals surface area (Å²) in [6.07, 6.45) is 0.816. The fraction of sp³-hybridized carbons (Fsp3) is 0.333. The Kier molecular flexibility index (Phi) is 5.97. The molecule has 25 heavy (non-hydrogen) atoms. The molecule has 2 amide bonds. The summed E-state index contributed by atoms with van der Waals surface area (Å²) in [4.78, 5) is 25.2. The van der Waals surface area contributed by atoms with Gasteiger partial charge in [-0.15, -0.1) is 0 Å². The zero-order valence-electron chi connectivity index (χ0n) is 15.3. The van der Waals surface area contributed by atoms with Gasteiger partial charge in [0, 0.05) is 12.2 Å². The maximum atomic E-state index is 12.7. The van der Waals surface area contributed by atoms with Crippen molar-refractivity contribution >= 4 is 17.5 Å². The van der Waals surface area contributed by atoms with Crippen molar-refractivity contribution in [1.29, 1.82) is 0 Å². The molecular formula is C21H26N2O2. The van der Waals surface area contributed by atoms with Crippen LogP contribution in [-0.4, -0.2) is 11.8 Å². The van der Waals surface area contributed by atoms with E-state index in [2.05, 4.69) is 10.6 Å². The normalized spacial score (nSPS) is 11.0. The molecule has 132 valence electrons. The Morgan fingerprint density at radius 1 is 0.920 bits per heavy atom. The molecule has 2 aromatic rings. The van der Waals surface area contributed by atoms with Crippen LogP contribution in [0.3, 0.4) is 0 Å². The molecule has 0 fully saturated rings. The van der Waals surface area contributed by atoms with Gasteiger partial charge in [-0.3, -0.25) is 9.59 Å². The van der Waals surface area contributed by atoms with E-state index in [0.29, 0.717) is 6.54 Å². The van der Waals surface area contributed by atoms with Crippen LogP contribution in [0.15, 0.2) is 48.5 Å². The number of rotatable bonds is 6. The summed E-state index contributed by atoms with van der Waals surface area (Å²) in [5.41, 5.74) is 2.80. The van der Waals surface area contributed by atoms with Gasteiger partial charge in [0.05, 0.1) is 0 Å². The Morgan fingerprint density at radius 3 is 2.16 bits per heavy atom. The van der Waals surface area contributed by atoms with Crippen molar-refractivity contribution in [2.24, 2.45) is 5.41 Å². The lowest BCUT2D eigenvalue weighted by Crippen LogP contribution is -2.45. The van der Waals surface area contributed by atoms with Crippen molar-refractivity contribution in [3.63, 3.8) is 0 Å². The van der Waals surface area contributed by atoms with Crippen LogP contribution in [-0.2, 0) is 22.6 Å². The second kappa shape index (κ2) is 7.97. The molecule has 0 aliphatic carbocycles. The number of benzene rings is 2. The Balaban J connectivity index is 2.04. The minimum absolute atomic E-state index is 0.290. The highest BCUT2D eigenvalue weighted by atomic mass is 16.2. The molecule has 0 aliphatic heterocycles. The largest absolute Gasteiger partial charge is 0.351 e. The van der Waals surface area contributed by atoms with Crippen LogP contribution in [0, 0.1) is 12.3 Å². The van der Waals surface area contributed by atoms with E-state index in [9.17, 15) is 9.59 Å². The monoisotopic (exact) mass is 338 g/mol. The van der Waals surface area contributed by atoms with E-state index in [1.54, 1.807) is 13.8 Å². The van der Waals surface area contributed by atoms with Crippen LogP contribution in [0.4, 0.5) is 5.69 Å². The number of anilines is 1. The van der Waals surface area contributed by atoms with E-state index in [-0.39, 0.29) is 11.8 Å². The Labute approximate surface area is 149 Å². The number of para-hydroxylation sites is 1. The first-order valence-electron chi connectivity index (χ1n) is 8.58. The molecule has 4 heteroatoms. The van der Waals surface area contributed by atoms with Crippen molar-refractivity contribution in [3.05, 3.63) is 65.2 Å². The van der Waals surface area contributed by atoms with Gasteiger partial charge in [-0.1, -0.05) is 49.4 Å². The minimum atomic E-state index is -1.16. The number of hydrogen-bond donors (Lipinski definition) is 2. The predicted octanol–water partition coefficient (Wildman–Crippen LogP) is 3.84. The lowest BCUT2D eigenvalue weighted by Gasteiger charge is -2.23. The van der Waals surface area contributed by atoms with Crippen LogP contribution in [0.25, 0.3) is 0 Å². The third kappa shape index (κ3) is 4.47. The predicted molar refractivity (Wildman–Crippen MR) is 101 cm³/mol. The number of hydrogen-bond acceptors (Lipinski definition) is 2. The topological polar surface area (TPSA) is 58.2 Å². The van der Waals surface area contributed by atoms with E-state index < -0.39 is 5.41 Å². The summed E-state index contributed by atoms with van der Waals surface area (Å²) < 4.78 is 0. The highest BCUT2D eigenvalue weighted by Crippen LogP contribution is 2.22.